The van der Waals surface area contributed by atoms with Gasteiger partial charge in [-0.2, -0.15) is 0 Å². The number of carbonyl (C=O) groups excluding carboxylic acids is 2. The van der Waals surface area contributed by atoms with Crippen LogP contribution in [0.1, 0.15) is 25.3 Å². The fourth-order valence-corrected chi connectivity index (χ4v) is 2.08. The molecular weight excluding hydrogens is 295 g/mol. The van der Waals surface area contributed by atoms with Crippen molar-refractivity contribution in [3.05, 3.63) is 59.9 Å². The molecule has 0 aromatic heterocycles. The molecule has 2 N–H and O–H groups in total. The zero-order valence-corrected chi connectivity index (χ0v) is 12.9. The van der Waals surface area contributed by atoms with Gasteiger partial charge in [0.1, 0.15) is 5.82 Å². The van der Waals surface area contributed by atoms with Gasteiger partial charge in [0.25, 0.3) is 0 Å². The molecule has 0 fully saturated rings. The van der Waals surface area contributed by atoms with Crippen molar-refractivity contribution in [1.29, 1.82) is 0 Å². The molecule has 0 spiro atoms. The van der Waals surface area contributed by atoms with Gasteiger partial charge in [0.2, 0.25) is 0 Å². The highest BCUT2D eigenvalue weighted by molar-refractivity contribution is 6.43. The minimum absolute atomic E-state index is 0.236. The Labute approximate surface area is 134 Å². The van der Waals surface area contributed by atoms with Crippen LogP contribution in [0.5, 0.6) is 0 Å². The summed E-state index contributed by atoms with van der Waals surface area (Å²) in [6, 6.07) is 12.8. The van der Waals surface area contributed by atoms with Gasteiger partial charge >= 0.3 is 11.8 Å². The molecule has 0 aliphatic heterocycles. The van der Waals surface area contributed by atoms with E-state index in [-0.39, 0.29) is 5.69 Å². The van der Waals surface area contributed by atoms with Gasteiger partial charge in [-0.25, -0.2) is 4.39 Å². The fraction of sp³-hybridized carbons (Fsp3) is 0.222. The van der Waals surface area contributed by atoms with E-state index in [1.807, 2.05) is 12.1 Å². The molecule has 0 bridgehead atoms. The molecule has 0 heterocycles. The molecule has 2 aromatic rings. The van der Waals surface area contributed by atoms with Gasteiger partial charge in [0.05, 0.1) is 0 Å². The van der Waals surface area contributed by atoms with Gasteiger partial charge in [-0.05, 0) is 48.7 Å². The molecule has 2 aromatic carbocycles. The van der Waals surface area contributed by atoms with Crippen LogP contribution in [0.4, 0.5) is 15.8 Å². The molecule has 120 valence electrons. The van der Waals surface area contributed by atoms with E-state index in [0.29, 0.717) is 5.69 Å². The van der Waals surface area contributed by atoms with Gasteiger partial charge < -0.3 is 10.6 Å². The van der Waals surface area contributed by atoms with Gasteiger partial charge in [0, 0.05) is 11.4 Å². The number of aryl methyl sites for hydroxylation is 1. The Hall–Kier alpha value is -2.69. The molecule has 23 heavy (non-hydrogen) atoms. The quantitative estimate of drug-likeness (QED) is 0.826. The van der Waals surface area contributed by atoms with Crippen molar-refractivity contribution in [2.24, 2.45) is 0 Å². The van der Waals surface area contributed by atoms with Crippen molar-refractivity contribution < 1.29 is 14.0 Å². The average molecular weight is 314 g/mol. The number of benzene rings is 2. The second-order valence-corrected chi connectivity index (χ2v) is 5.22. The number of unbranched alkanes of at least 4 members (excludes halogenated alkanes) is 1. The highest BCUT2D eigenvalue weighted by atomic mass is 19.1. The summed E-state index contributed by atoms with van der Waals surface area (Å²) in [5.41, 5.74) is 1.97. The largest absolute Gasteiger partial charge is 0.318 e. The molecule has 0 aliphatic carbocycles. The number of carbonyl (C=O) groups is 2. The molecule has 2 rings (SSSR count). The molecule has 0 saturated heterocycles. The second-order valence-electron chi connectivity index (χ2n) is 5.22. The topological polar surface area (TPSA) is 58.2 Å². The number of amides is 2. The van der Waals surface area contributed by atoms with Crippen LogP contribution in [-0.2, 0) is 16.0 Å². The zero-order valence-electron chi connectivity index (χ0n) is 12.9. The van der Waals surface area contributed by atoms with Crippen LogP contribution in [0.25, 0.3) is 0 Å². The van der Waals surface area contributed by atoms with Gasteiger partial charge in [-0.3, -0.25) is 9.59 Å². The second kappa shape index (κ2) is 8.08. The lowest BCUT2D eigenvalue weighted by atomic mass is 10.1. The summed E-state index contributed by atoms with van der Waals surface area (Å²) >= 11 is 0. The first-order chi connectivity index (χ1) is 11.1. The van der Waals surface area contributed by atoms with E-state index >= 15 is 0 Å². The van der Waals surface area contributed by atoms with E-state index in [1.165, 1.54) is 23.8 Å². The Morgan fingerprint density at radius 3 is 2.22 bits per heavy atom. The first-order valence-corrected chi connectivity index (χ1v) is 7.55. The van der Waals surface area contributed by atoms with Crippen molar-refractivity contribution in [1.82, 2.24) is 0 Å². The summed E-state index contributed by atoms with van der Waals surface area (Å²) in [6.07, 6.45) is 3.23. The minimum Gasteiger partial charge on any atom is -0.318 e. The fourth-order valence-electron chi connectivity index (χ4n) is 2.08. The summed E-state index contributed by atoms with van der Waals surface area (Å²) in [6.45, 7) is 2.13. The van der Waals surface area contributed by atoms with Crippen LogP contribution < -0.4 is 10.6 Å². The lowest BCUT2D eigenvalue weighted by molar-refractivity contribution is -0.133. The van der Waals surface area contributed by atoms with E-state index in [4.69, 9.17) is 0 Å². The number of rotatable bonds is 5. The van der Waals surface area contributed by atoms with Gasteiger partial charge in [-0.1, -0.05) is 31.5 Å². The highest BCUT2D eigenvalue weighted by Gasteiger charge is 2.14. The van der Waals surface area contributed by atoms with Crippen molar-refractivity contribution in [3.8, 4) is 0 Å². The Balaban J connectivity index is 1.91. The average Bonchev–Trinajstić information content (AvgIpc) is 2.54. The van der Waals surface area contributed by atoms with E-state index in [1.54, 1.807) is 12.1 Å². The molecule has 0 aliphatic rings. The third kappa shape index (κ3) is 5.21. The van der Waals surface area contributed by atoms with E-state index in [2.05, 4.69) is 17.6 Å². The van der Waals surface area contributed by atoms with Crippen LogP contribution in [0, 0.1) is 5.82 Å². The molecule has 0 radical (unpaired) electrons. The van der Waals surface area contributed by atoms with Crippen molar-refractivity contribution >= 4 is 23.2 Å². The predicted octanol–water partition coefficient (Wildman–Crippen LogP) is 3.75. The SMILES string of the molecule is CCCCc1ccc(NC(=O)C(=O)Nc2cccc(F)c2)cc1. The van der Waals surface area contributed by atoms with Gasteiger partial charge in [-0.15, -0.1) is 0 Å². The first-order valence-electron chi connectivity index (χ1n) is 7.55. The lowest BCUT2D eigenvalue weighted by Gasteiger charge is -2.07. The maximum absolute atomic E-state index is 13.0. The van der Waals surface area contributed by atoms with E-state index in [9.17, 15) is 14.0 Å². The molecule has 4 nitrogen and oxygen atoms in total. The summed E-state index contributed by atoms with van der Waals surface area (Å²) in [5.74, 6) is -2.12. The Kier molecular flexibility index (Phi) is 5.86. The maximum Gasteiger partial charge on any atom is 0.314 e. The summed E-state index contributed by atoms with van der Waals surface area (Å²) < 4.78 is 13.0. The van der Waals surface area contributed by atoms with Crippen LogP contribution in [0.2, 0.25) is 0 Å². The van der Waals surface area contributed by atoms with Crippen molar-refractivity contribution in [2.45, 2.75) is 26.2 Å². The number of halogens is 1. The molecule has 0 unspecified atom stereocenters. The van der Waals surface area contributed by atoms with E-state index in [0.717, 1.165) is 25.3 Å². The van der Waals surface area contributed by atoms with Crippen molar-refractivity contribution in [3.63, 3.8) is 0 Å². The molecule has 2 amide bonds. The third-order valence-electron chi connectivity index (χ3n) is 3.32. The predicted molar refractivity (Wildman–Crippen MR) is 88.7 cm³/mol. The van der Waals surface area contributed by atoms with Crippen LogP contribution in [0.15, 0.2) is 48.5 Å². The molecule has 5 heteroatoms. The summed E-state index contributed by atoms with van der Waals surface area (Å²) in [5, 5.41) is 4.87. The number of hydrogen-bond donors (Lipinski definition) is 2. The maximum atomic E-state index is 13.0. The van der Waals surface area contributed by atoms with E-state index < -0.39 is 17.6 Å². The molecule has 0 saturated carbocycles. The standard InChI is InChI=1S/C18H19FN2O2/c1-2-3-5-13-8-10-15(11-9-13)20-17(22)18(23)21-16-7-4-6-14(19)12-16/h4,6-12H,2-3,5H2,1H3,(H,20,22)(H,21,23). The minimum atomic E-state index is -0.842. The number of nitrogens with one attached hydrogen (secondary N) is 2. The molecule has 0 atom stereocenters. The third-order valence-corrected chi connectivity index (χ3v) is 3.32. The smallest absolute Gasteiger partial charge is 0.314 e. The molecular formula is C18H19FN2O2. The first kappa shape index (κ1) is 16.7. The Morgan fingerprint density at radius 2 is 1.61 bits per heavy atom. The Morgan fingerprint density at radius 1 is 0.957 bits per heavy atom. The monoisotopic (exact) mass is 314 g/mol. The summed E-state index contributed by atoms with van der Waals surface area (Å²) in [7, 11) is 0. The summed E-state index contributed by atoms with van der Waals surface area (Å²) in [4.78, 5) is 23.6. The van der Waals surface area contributed by atoms with Crippen molar-refractivity contribution in [2.75, 3.05) is 10.6 Å². The zero-order chi connectivity index (χ0) is 16.7. The van der Waals surface area contributed by atoms with Crippen LogP contribution >= 0.6 is 0 Å². The van der Waals surface area contributed by atoms with Crippen LogP contribution in [-0.4, -0.2) is 11.8 Å². The Bertz CT molecular complexity index is 684. The van der Waals surface area contributed by atoms with Gasteiger partial charge in [0.15, 0.2) is 0 Å². The van der Waals surface area contributed by atoms with Crippen LogP contribution in [0.3, 0.4) is 0 Å². The normalized spacial score (nSPS) is 10.2. The number of anilines is 2. The number of hydrogen-bond acceptors (Lipinski definition) is 2. The highest BCUT2D eigenvalue weighted by Crippen LogP contribution is 2.13. The lowest BCUT2D eigenvalue weighted by Crippen LogP contribution is -2.29.